The summed E-state index contributed by atoms with van der Waals surface area (Å²) < 4.78 is 5.76. The summed E-state index contributed by atoms with van der Waals surface area (Å²) in [5.74, 6) is 0.853. The van der Waals surface area contributed by atoms with Gasteiger partial charge in [-0.1, -0.05) is 29.8 Å². The van der Waals surface area contributed by atoms with Crippen molar-refractivity contribution in [2.45, 2.75) is 6.92 Å². The van der Waals surface area contributed by atoms with Gasteiger partial charge >= 0.3 is 0 Å². The number of benzene rings is 1. The van der Waals surface area contributed by atoms with Crippen LogP contribution in [0.2, 0.25) is 5.02 Å². The molecule has 1 aromatic heterocycles. The highest BCUT2D eigenvalue weighted by Gasteiger charge is 2.24. The second-order valence-corrected chi connectivity index (χ2v) is 6.07. The Labute approximate surface area is 150 Å². The Balaban J connectivity index is 1.78. The van der Waals surface area contributed by atoms with Crippen LogP contribution >= 0.6 is 11.6 Å². The highest BCUT2D eigenvalue weighted by molar-refractivity contribution is 6.32. The van der Waals surface area contributed by atoms with Crippen molar-refractivity contribution in [3.8, 4) is 6.07 Å². The third-order valence-electron chi connectivity index (χ3n) is 4.05. The van der Waals surface area contributed by atoms with Crippen molar-refractivity contribution < 1.29 is 9.21 Å². The standard InChI is InChI=1S/C18H17ClN4O2/c1-13(24)22-8-10-23(11-9-22)18-16(12-20)21-17(25-18)7-6-14-4-2-3-5-15(14)19/h2-7H,8-11H2,1H3/b7-6+. The molecule has 6 nitrogen and oxygen atoms in total. The van der Waals surface area contributed by atoms with Gasteiger partial charge < -0.3 is 14.2 Å². The smallest absolute Gasteiger partial charge is 0.235 e. The summed E-state index contributed by atoms with van der Waals surface area (Å²) in [5.41, 5.74) is 1.09. The quantitative estimate of drug-likeness (QED) is 0.845. The first-order valence-corrected chi connectivity index (χ1v) is 8.30. The first-order chi connectivity index (χ1) is 12.1. The molecule has 2 aromatic rings. The van der Waals surface area contributed by atoms with Gasteiger partial charge in [0.2, 0.25) is 23.4 Å². The van der Waals surface area contributed by atoms with Crippen molar-refractivity contribution in [2.75, 3.05) is 31.1 Å². The number of carbonyl (C=O) groups is 1. The SMILES string of the molecule is CC(=O)N1CCN(c2oc(/C=C/c3ccccc3Cl)nc2C#N)CC1. The molecule has 0 aliphatic carbocycles. The molecule has 0 unspecified atom stereocenters. The van der Waals surface area contributed by atoms with E-state index in [1.165, 1.54) is 0 Å². The molecule has 0 bridgehead atoms. The van der Waals surface area contributed by atoms with Crippen molar-refractivity contribution in [2.24, 2.45) is 0 Å². The summed E-state index contributed by atoms with van der Waals surface area (Å²) in [4.78, 5) is 19.4. The molecule has 0 saturated carbocycles. The maximum atomic E-state index is 11.4. The Morgan fingerprint density at radius 2 is 2.00 bits per heavy atom. The summed E-state index contributed by atoms with van der Waals surface area (Å²) in [5, 5.41) is 9.95. The van der Waals surface area contributed by atoms with Crippen LogP contribution in [0, 0.1) is 11.3 Å². The predicted octanol–water partition coefficient (Wildman–Crippen LogP) is 3.04. The summed E-state index contributed by atoms with van der Waals surface area (Å²) in [6, 6.07) is 9.51. The van der Waals surface area contributed by atoms with Gasteiger partial charge in [-0.15, -0.1) is 0 Å². The van der Waals surface area contributed by atoms with E-state index in [1.54, 1.807) is 30.0 Å². The number of anilines is 1. The van der Waals surface area contributed by atoms with E-state index >= 15 is 0 Å². The molecule has 3 rings (SSSR count). The highest BCUT2D eigenvalue weighted by atomic mass is 35.5. The van der Waals surface area contributed by atoms with Gasteiger partial charge in [0.25, 0.3) is 0 Å². The van der Waals surface area contributed by atoms with Crippen molar-refractivity contribution in [1.29, 1.82) is 5.26 Å². The molecule has 25 heavy (non-hydrogen) atoms. The first-order valence-electron chi connectivity index (χ1n) is 7.92. The predicted molar refractivity (Wildman–Crippen MR) is 96.1 cm³/mol. The van der Waals surface area contributed by atoms with Crippen molar-refractivity contribution in [3.05, 3.63) is 46.4 Å². The number of aromatic nitrogens is 1. The van der Waals surface area contributed by atoms with Crippen LogP contribution < -0.4 is 4.90 Å². The average Bonchev–Trinajstić information content (AvgIpc) is 3.04. The topological polar surface area (TPSA) is 73.4 Å². The number of amides is 1. The normalized spacial score (nSPS) is 14.8. The number of halogens is 1. The number of carbonyl (C=O) groups excluding carboxylic acids is 1. The van der Waals surface area contributed by atoms with Gasteiger partial charge in [-0.2, -0.15) is 10.2 Å². The molecule has 0 spiro atoms. The molecule has 1 fully saturated rings. The molecule has 1 amide bonds. The third-order valence-corrected chi connectivity index (χ3v) is 4.40. The molecule has 0 atom stereocenters. The average molecular weight is 357 g/mol. The van der Waals surface area contributed by atoms with Gasteiger partial charge in [-0.3, -0.25) is 4.79 Å². The van der Waals surface area contributed by atoms with E-state index in [2.05, 4.69) is 11.1 Å². The monoisotopic (exact) mass is 356 g/mol. The zero-order valence-electron chi connectivity index (χ0n) is 13.8. The minimum Gasteiger partial charge on any atom is -0.420 e. The number of rotatable bonds is 3. The first kappa shape index (κ1) is 17.1. The van der Waals surface area contributed by atoms with E-state index in [1.807, 2.05) is 23.1 Å². The van der Waals surface area contributed by atoms with E-state index in [-0.39, 0.29) is 11.6 Å². The van der Waals surface area contributed by atoms with Gasteiger partial charge in [-0.25, -0.2) is 0 Å². The molecule has 1 saturated heterocycles. The lowest BCUT2D eigenvalue weighted by Crippen LogP contribution is -2.48. The van der Waals surface area contributed by atoms with Crippen molar-refractivity contribution in [3.63, 3.8) is 0 Å². The molecule has 0 radical (unpaired) electrons. The van der Waals surface area contributed by atoms with Crippen LogP contribution in [0.5, 0.6) is 0 Å². The molecular weight excluding hydrogens is 340 g/mol. The van der Waals surface area contributed by atoms with Gasteiger partial charge in [0.05, 0.1) is 0 Å². The molecule has 128 valence electrons. The number of nitrogens with zero attached hydrogens (tertiary/aromatic N) is 4. The van der Waals surface area contributed by atoms with E-state index in [0.29, 0.717) is 43.0 Å². The molecule has 2 heterocycles. The Bertz CT molecular complexity index is 845. The lowest BCUT2D eigenvalue weighted by atomic mass is 10.2. The minimum absolute atomic E-state index is 0.0566. The van der Waals surface area contributed by atoms with Gasteiger partial charge in [-0.05, 0) is 17.7 Å². The Kier molecular flexibility index (Phi) is 5.05. The van der Waals surface area contributed by atoms with Crippen molar-refractivity contribution in [1.82, 2.24) is 9.88 Å². The summed E-state index contributed by atoms with van der Waals surface area (Å²) in [6.07, 6.45) is 3.49. The van der Waals surface area contributed by atoms with Crippen LogP contribution in [0.4, 0.5) is 5.88 Å². The summed E-state index contributed by atoms with van der Waals surface area (Å²) >= 11 is 6.12. The molecule has 1 aliphatic heterocycles. The van der Waals surface area contributed by atoms with Gasteiger partial charge in [0.1, 0.15) is 6.07 Å². The molecule has 1 aliphatic rings. The second kappa shape index (κ2) is 7.41. The zero-order chi connectivity index (χ0) is 17.8. The fourth-order valence-electron chi connectivity index (χ4n) is 2.68. The van der Waals surface area contributed by atoms with Crippen LogP contribution in [0.15, 0.2) is 28.7 Å². The number of oxazole rings is 1. The molecule has 1 aromatic carbocycles. The molecular formula is C18H17ClN4O2. The maximum absolute atomic E-state index is 11.4. The lowest BCUT2D eigenvalue weighted by Gasteiger charge is -2.33. The van der Waals surface area contributed by atoms with Gasteiger partial charge in [0.15, 0.2) is 0 Å². The van der Waals surface area contributed by atoms with E-state index < -0.39 is 0 Å². The third kappa shape index (κ3) is 3.83. The van der Waals surface area contributed by atoms with Crippen LogP contribution in [-0.4, -0.2) is 42.0 Å². The second-order valence-electron chi connectivity index (χ2n) is 5.67. The number of nitriles is 1. The number of hydrogen-bond acceptors (Lipinski definition) is 5. The molecule has 0 N–H and O–H groups in total. The number of hydrogen-bond donors (Lipinski definition) is 0. The Hall–Kier alpha value is -2.78. The molecule has 7 heteroatoms. The zero-order valence-corrected chi connectivity index (χ0v) is 14.5. The Morgan fingerprint density at radius 1 is 1.28 bits per heavy atom. The van der Waals surface area contributed by atoms with Crippen LogP contribution in [-0.2, 0) is 4.79 Å². The van der Waals surface area contributed by atoms with Crippen molar-refractivity contribution >= 4 is 35.5 Å². The van der Waals surface area contributed by atoms with Gasteiger partial charge in [0, 0.05) is 44.2 Å². The van der Waals surface area contributed by atoms with Crippen LogP contribution in [0.1, 0.15) is 24.1 Å². The summed E-state index contributed by atoms with van der Waals surface area (Å²) in [6.45, 7) is 3.98. The minimum atomic E-state index is 0.0566. The summed E-state index contributed by atoms with van der Waals surface area (Å²) in [7, 11) is 0. The van der Waals surface area contributed by atoms with Crippen LogP contribution in [0.3, 0.4) is 0 Å². The van der Waals surface area contributed by atoms with E-state index in [9.17, 15) is 10.1 Å². The van der Waals surface area contributed by atoms with Crippen LogP contribution in [0.25, 0.3) is 12.2 Å². The fraction of sp³-hybridized carbons (Fsp3) is 0.278. The maximum Gasteiger partial charge on any atom is 0.235 e. The largest absolute Gasteiger partial charge is 0.420 e. The highest BCUT2D eigenvalue weighted by Crippen LogP contribution is 2.25. The van der Waals surface area contributed by atoms with E-state index in [4.69, 9.17) is 16.0 Å². The number of piperazine rings is 1. The lowest BCUT2D eigenvalue weighted by molar-refractivity contribution is -0.129. The van der Waals surface area contributed by atoms with E-state index in [0.717, 1.165) is 5.56 Å². The Morgan fingerprint density at radius 3 is 2.64 bits per heavy atom. The fourth-order valence-corrected chi connectivity index (χ4v) is 2.88.